The lowest BCUT2D eigenvalue weighted by Gasteiger charge is -2.17. The van der Waals surface area contributed by atoms with E-state index in [1.807, 2.05) is 32.8 Å². The molecule has 0 aromatic heterocycles. The van der Waals surface area contributed by atoms with Crippen molar-refractivity contribution in [3.63, 3.8) is 0 Å². The minimum Gasteiger partial charge on any atom is -0.300 e. The molecule has 10 heavy (non-hydrogen) atoms. The van der Waals surface area contributed by atoms with E-state index in [-0.39, 0.29) is 6.04 Å². The molecule has 0 aliphatic carbocycles. The Morgan fingerprint density at radius 2 is 2.00 bits per heavy atom. The molecule has 0 fully saturated rings. The Morgan fingerprint density at radius 1 is 1.50 bits per heavy atom. The third kappa shape index (κ3) is 2.97. The predicted octanol–water partition coefficient (Wildman–Crippen LogP) is 1.31. The lowest BCUT2D eigenvalue weighted by Crippen LogP contribution is -2.32. The molecule has 0 radical (unpaired) electrons. The van der Waals surface area contributed by atoms with E-state index in [1.54, 1.807) is 0 Å². The molecule has 0 rings (SSSR count). The molecule has 60 valence electrons. The second kappa shape index (κ2) is 4.45. The minimum atomic E-state index is 0.0833. The zero-order valence-electron chi connectivity index (χ0n) is 7.35. The van der Waals surface area contributed by atoms with E-state index < -0.39 is 0 Å². The fraction of sp³-hybridized carbons (Fsp3) is 0.875. The summed E-state index contributed by atoms with van der Waals surface area (Å²) in [7, 11) is 3.86. The molecule has 0 aliphatic heterocycles. The fourth-order valence-corrected chi connectivity index (χ4v) is 0.743. The largest absolute Gasteiger partial charge is 0.300 e. The number of nitrogens with zero attached hydrogens (tertiary/aromatic N) is 1. The Bertz CT molecular complexity index is 110. The molecule has 1 atom stereocenters. The van der Waals surface area contributed by atoms with E-state index in [0.29, 0.717) is 12.2 Å². The maximum Gasteiger partial charge on any atom is 0.149 e. The van der Waals surface area contributed by atoms with E-state index in [2.05, 4.69) is 0 Å². The van der Waals surface area contributed by atoms with Crippen molar-refractivity contribution in [2.75, 3.05) is 14.1 Å². The van der Waals surface area contributed by atoms with Crippen LogP contribution in [0.1, 0.15) is 26.7 Å². The van der Waals surface area contributed by atoms with Crippen LogP contribution in [-0.4, -0.2) is 30.8 Å². The van der Waals surface area contributed by atoms with Gasteiger partial charge in [0.25, 0.3) is 0 Å². The molecule has 0 aliphatic rings. The molecule has 0 aromatic carbocycles. The summed E-state index contributed by atoms with van der Waals surface area (Å²) in [5.41, 5.74) is 0. The molecule has 2 heteroatoms. The van der Waals surface area contributed by atoms with Crippen molar-refractivity contribution in [1.29, 1.82) is 0 Å². The third-order valence-electron chi connectivity index (χ3n) is 1.74. The van der Waals surface area contributed by atoms with Crippen molar-refractivity contribution >= 4 is 5.78 Å². The quantitative estimate of drug-likeness (QED) is 0.591. The summed E-state index contributed by atoms with van der Waals surface area (Å²) in [6, 6.07) is 0.0833. The lowest BCUT2D eigenvalue weighted by molar-refractivity contribution is -0.122. The first kappa shape index (κ1) is 9.63. The molecule has 0 saturated heterocycles. The van der Waals surface area contributed by atoms with E-state index in [9.17, 15) is 4.79 Å². The SMILES string of the molecule is CCCC(=O)[C@H](C)N(C)C. The van der Waals surface area contributed by atoms with E-state index in [4.69, 9.17) is 0 Å². The molecular weight excluding hydrogens is 126 g/mol. The van der Waals surface area contributed by atoms with Crippen LogP contribution in [0.4, 0.5) is 0 Å². The number of carbonyl (C=O) groups excluding carboxylic acids is 1. The summed E-state index contributed by atoms with van der Waals surface area (Å²) in [6.07, 6.45) is 1.66. The summed E-state index contributed by atoms with van der Waals surface area (Å²) >= 11 is 0. The molecule has 0 aromatic rings. The zero-order valence-corrected chi connectivity index (χ0v) is 7.35. The Morgan fingerprint density at radius 3 is 2.30 bits per heavy atom. The van der Waals surface area contributed by atoms with Crippen molar-refractivity contribution in [1.82, 2.24) is 4.90 Å². The molecule has 0 amide bonds. The molecule has 2 nitrogen and oxygen atoms in total. The maximum atomic E-state index is 11.1. The van der Waals surface area contributed by atoms with Gasteiger partial charge in [0, 0.05) is 6.42 Å². The van der Waals surface area contributed by atoms with Crippen LogP contribution in [0.25, 0.3) is 0 Å². The minimum absolute atomic E-state index is 0.0833. The second-order valence-electron chi connectivity index (χ2n) is 2.86. The number of hydrogen-bond donors (Lipinski definition) is 0. The first-order chi connectivity index (χ1) is 4.59. The van der Waals surface area contributed by atoms with Gasteiger partial charge in [-0.15, -0.1) is 0 Å². The Hall–Kier alpha value is -0.370. The van der Waals surface area contributed by atoms with Gasteiger partial charge in [-0.2, -0.15) is 0 Å². The Kier molecular flexibility index (Phi) is 4.28. The van der Waals surface area contributed by atoms with Crippen LogP contribution >= 0.6 is 0 Å². The number of ketones is 1. The maximum absolute atomic E-state index is 11.1. The highest BCUT2D eigenvalue weighted by molar-refractivity contribution is 5.83. The number of rotatable bonds is 4. The van der Waals surface area contributed by atoms with Crippen LogP contribution in [0, 0.1) is 0 Å². The summed E-state index contributed by atoms with van der Waals surface area (Å²) in [4.78, 5) is 13.1. The van der Waals surface area contributed by atoms with Crippen molar-refractivity contribution in [2.24, 2.45) is 0 Å². The third-order valence-corrected chi connectivity index (χ3v) is 1.74. The molecule has 0 bridgehead atoms. The van der Waals surface area contributed by atoms with Crippen LogP contribution in [0.5, 0.6) is 0 Å². The van der Waals surface area contributed by atoms with E-state index >= 15 is 0 Å². The molecule has 0 N–H and O–H groups in total. The van der Waals surface area contributed by atoms with Gasteiger partial charge in [0.2, 0.25) is 0 Å². The van der Waals surface area contributed by atoms with E-state index in [0.717, 1.165) is 6.42 Å². The summed E-state index contributed by atoms with van der Waals surface area (Å²) in [6.45, 7) is 3.97. The standard InChI is InChI=1S/C8H17NO/c1-5-6-8(10)7(2)9(3)4/h7H,5-6H2,1-4H3/t7-/m0/s1. The molecule has 0 spiro atoms. The number of hydrogen-bond acceptors (Lipinski definition) is 2. The average Bonchev–Trinajstić information content (AvgIpc) is 1.87. The fourth-order valence-electron chi connectivity index (χ4n) is 0.743. The van der Waals surface area contributed by atoms with Gasteiger partial charge in [0.15, 0.2) is 0 Å². The smallest absolute Gasteiger partial charge is 0.149 e. The van der Waals surface area contributed by atoms with Crippen molar-refractivity contribution in [3.05, 3.63) is 0 Å². The van der Waals surface area contributed by atoms with Crippen LogP contribution < -0.4 is 0 Å². The number of carbonyl (C=O) groups is 1. The van der Waals surface area contributed by atoms with Gasteiger partial charge in [0.1, 0.15) is 5.78 Å². The molecule has 0 unspecified atom stereocenters. The van der Waals surface area contributed by atoms with Crippen molar-refractivity contribution in [2.45, 2.75) is 32.7 Å². The Labute approximate surface area is 63.2 Å². The highest BCUT2D eigenvalue weighted by atomic mass is 16.1. The normalized spacial score (nSPS) is 13.7. The summed E-state index contributed by atoms with van der Waals surface area (Å²) < 4.78 is 0. The van der Waals surface area contributed by atoms with Gasteiger partial charge in [-0.25, -0.2) is 0 Å². The van der Waals surface area contributed by atoms with E-state index in [1.165, 1.54) is 0 Å². The van der Waals surface area contributed by atoms with Crippen LogP contribution in [-0.2, 0) is 4.79 Å². The van der Waals surface area contributed by atoms with Gasteiger partial charge < -0.3 is 0 Å². The van der Waals surface area contributed by atoms with Gasteiger partial charge in [0.05, 0.1) is 6.04 Å². The average molecular weight is 143 g/mol. The number of Topliss-reactive ketones (excluding diaryl/α,β-unsaturated/α-hetero) is 1. The summed E-state index contributed by atoms with van der Waals surface area (Å²) in [5, 5.41) is 0. The highest BCUT2D eigenvalue weighted by Gasteiger charge is 2.12. The number of likely N-dealkylation sites (N-methyl/N-ethyl adjacent to an activating group) is 1. The highest BCUT2D eigenvalue weighted by Crippen LogP contribution is 1.99. The van der Waals surface area contributed by atoms with Crippen LogP contribution in [0.15, 0.2) is 0 Å². The first-order valence-corrected chi connectivity index (χ1v) is 3.78. The van der Waals surface area contributed by atoms with Gasteiger partial charge >= 0.3 is 0 Å². The lowest BCUT2D eigenvalue weighted by atomic mass is 10.1. The first-order valence-electron chi connectivity index (χ1n) is 3.78. The molecule has 0 heterocycles. The predicted molar refractivity (Wildman–Crippen MR) is 43.1 cm³/mol. The van der Waals surface area contributed by atoms with Gasteiger partial charge in [-0.05, 0) is 27.4 Å². The van der Waals surface area contributed by atoms with Crippen molar-refractivity contribution in [3.8, 4) is 0 Å². The summed E-state index contributed by atoms with van der Waals surface area (Å²) in [5.74, 6) is 0.340. The van der Waals surface area contributed by atoms with Crippen LogP contribution in [0.2, 0.25) is 0 Å². The van der Waals surface area contributed by atoms with Gasteiger partial charge in [-0.1, -0.05) is 6.92 Å². The Balaban J connectivity index is 3.71. The second-order valence-corrected chi connectivity index (χ2v) is 2.86. The monoisotopic (exact) mass is 143 g/mol. The van der Waals surface area contributed by atoms with Crippen LogP contribution in [0.3, 0.4) is 0 Å². The zero-order chi connectivity index (χ0) is 8.15. The molecule has 0 saturated carbocycles. The van der Waals surface area contributed by atoms with Crippen molar-refractivity contribution < 1.29 is 4.79 Å². The van der Waals surface area contributed by atoms with Gasteiger partial charge in [-0.3, -0.25) is 9.69 Å². The topological polar surface area (TPSA) is 20.3 Å². The molecular formula is C8H17NO.